The van der Waals surface area contributed by atoms with Gasteiger partial charge in [-0.25, -0.2) is 0 Å². The Labute approximate surface area is 199 Å². The van der Waals surface area contributed by atoms with Gasteiger partial charge in [-0.3, -0.25) is 9.59 Å². The lowest BCUT2D eigenvalue weighted by Gasteiger charge is -2.35. The van der Waals surface area contributed by atoms with Crippen molar-refractivity contribution in [2.45, 2.75) is 19.4 Å². The van der Waals surface area contributed by atoms with Crippen LogP contribution in [0.25, 0.3) is 0 Å². The van der Waals surface area contributed by atoms with Gasteiger partial charge in [-0.15, -0.1) is 11.3 Å². The molecule has 1 saturated heterocycles. The van der Waals surface area contributed by atoms with Crippen LogP contribution in [0.15, 0.2) is 66.0 Å². The molecule has 1 aliphatic rings. The minimum absolute atomic E-state index is 0.226. The molecule has 0 aliphatic carbocycles. The molecule has 2 N–H and O–H groups in total. The molecule has 2 heterocycles. The highest BCUT2D eigenvalue weighted by Gasteiger charge is 2.23. The van der Waals surface area contributed by atoms with Gasteiger partial charge in [-0.2, -0.15) is 0 Å². The molecular weight excluding hydrogens is 432 g/mol. The maximum absolute atomic E-state index is 13.2. The van der Waals surface area contributed by atoms with E-state index in [1.807, 2.05) is 53.9 Å². The van der Waals surface area contributed by atoms with E-state index in [-0.39, 0.29) is 11.8 Å². The molecule has 1 unspecified atom stereocenters. The van der Waals surface area contributed by atoms with Crippen LogP contribution in [0.4, 0.5) is 11.4 Å². The van der Waals surface area contributed by atoms with Crippen molar-refractivity contribution in [2.24, 2.45) is 0 Å². The molecule has 0 radical (unpaired) electrons. The van der Waals surface area contributed by atoms with Crippen LogP contribution in [0.1, 0.15) is 20.8 Å². The van der Waals surface area contributed by atoms with Crippen LogP contribution in [-0.2, 0) is 11.2 Å². The van der Waals surface area contributed by atoms with E-state index >= 15 is 0 Å². The normalized spacial score (nSPS) is 15.2. The van der Waals surface area contributed by atoms with Crippen molar-refractivity contribution in [3.05, 3.63) is 82.0 Å². The molecule has 7 heteroatoms. The number of rotatable bonds is 7. The lowest BCUT2D eigenvalue weighted by atomic mass is 10.0. The number of aryl methyl sites for hydroxylation is 1. The van der Waals surface area contributed by atoms with E-state index in [0.29, 0.717) is 11.3 Å². The number of nitrogens with one attached hydrogen (secondary N) is 2. The number of thiophene rings is 1. The van der Waals surface area contributed by atoms with Crippen molar-refractivity contribution in [1.82, 2.24) is 10.2 Å². The Morgan fingerprint density at radius 2 is 1.76 bits per heavy atom. The van der Waals surface area contributed by atoms with Crippen molar-refractivity contribution in [3.63, 3.8) is 0 Å². The fourth-order valence-electron chi connectivity index (χ4n) is 4.06. The Kier molecular flexibility index (Phi) is 7.42. The largest absolute Gasteiger partial charge is 0.369 e. The van der Waals surface area contributed by atoms with E-state index < -0.39 is 6.04 Å². The van der Waals surface area contributed by atoms with E-state index in [0.717, 1.165) is 43.0 Å². The fraction of sp³-hybridized carbons (Fsp3) is 0.308. The zero-order chi connectivity index (χ0) is 23.2. The Balaban J connectivity index is 1.47. The number of hydrogen-bond donors (Lipinski definition) is 2. The molecule has 1 fully saturated rings. The van der Waals surface area contributed by atoms with E-state index in [1.54, 1.807) is 6.07 Å². The Bertz CT molecular complexity index is 1080. The highest BCUT2D eigenvalue weighted by Crippen LogP contribution is 2.25. The van der Waals surface area contributed by atoms with Crippen LogP contribution in [0.2, 0.25) is 0 Å². The Hall–Kier alpha value is -3.16. The lowest BCUT2D eigenvalue weighted by Crippen LogP contribution is -2.45. The maximum atomic E-state index is 13.2. The molecule has 172 valence electrons. The zero-order valence-corrected chi connectivity index (χ0v) is 19.9. The molecule has 1 aliphatic heterocycles. The van der Waals surface area contributed by atoms with E-state index in [2.05, 4.69) is 40.5 Å². The summed E-state index contributed by atoms with van der Waals surface area (Å²) in [5, 5.41) is 7.78. The summed E-state index contributed by atoms with van der Waals surface area (Å²) in [6.45, 7) is 6.16. The summed E-state index contributed by atoms with van der Waals surface area (Å²) in [5.74, 6) is -0.460. The molecule has 2 amide bonds. The fourth-order valence-corrected chi connectivity index (χ4v) is 4.69. The molecule has 6 nitrogen and oxygen atoms in total. The number of benzene rings is 2. The zero-order valence-electron chi connectivity index (χ0n) is 19.1. The molecule has 0 bridgehead atoms. The van der Waals surface area contributed by atoms with Crippen LogP contribution in [-0.4, -0.2) is 56.0 Å². The van der Waals surface area contributed by atoms with Gasteiger partial charge in [-0.05, 0) is 54.7 Å². The Morgan fingerprint density at radius 3 is 2.42 bits per heavy atom. The van der Waals surface area contributed by atoms with Crippen LogP contribution < -0.4 is 15.5 Å². The average molecular weight is 463 g/mol. The van der Waals surface area contributed by atoms with Crippen molar-refractivity contribution in [2.75, 3.05) is 43.4 Å². The van der Waals surface area contributed by atoms with Gasteiger partial charge in [0.1, 0.15) is 6.04 Å². The smallest absolute Gasteiger partial charge is 0.262 e. The second-order valence-electron chi connectivity index (χ2n) is 8.47. The number of hydrogen-bond acceptors (Lipinski definition) is 5. The summed E-state index contributed by atoms with van der Waals surface area (Å²) >= 11 is 1.36. The van der Waals surface area contributed by atoms with Gasteiger partial charge in [0.05, 0.1) is 4.88 Å². The standard InChI is InChI=1S/C26H30N4O2S/c1-19-17-21(10-11-23(19)30-14-12-29(2)13-15-30)27-25(31)22(18-20-7-4-3-5-8-20)28-26(32)24-9-6-16-33-24/h3-11,16-17,22H,12-15,18H2,1-2H3,(H,27,31)(H,28,32). The molecule has 0 spiro atoms. The van der Waals surface area contributed by atoms with Crippen molar-refractivity contribution in [1.29, 1.82) is 0 Å². The van der Waals surface area contributed by atoms with E-state index in [4.69, 9.17) is 0 Å². The number of carbonyl (C=O) groups excluding carboxylic acids is 2. The van der Waals surface area contributed by atoms with Gasteiger partial charge in [0.2, 0.25) is 5.91 Å². The topological polar surface area (TPSA) is 64.7 Å². The van der Waals surface area contributed by atoms with Crippen LogP contribution in [0.5, 0.6) is 0 Å². The van der Waals surface area contributed by atoms with Gasteiger partial charge < -0.3 is 20.4 Å². The minimum Gasteiger partial charge on any atom is -0.369 e. The molecule has 33 heavy (non-hydrogen) atoms. The summed E-state index contributed by atoms with van der Waals surface area (Å²) in [6.07, 6.45) is 0.419. The quantitative estimate of drug-likeness (QED) is 0.561. The number of carbonyl (C=O) groups is 2. The van der Waals surface area contributed by atoms with Crippen LogP contribution in [0.3, 0.4) is 0 Å². The third-order valence-corrected chi connectivity index (χ3v) is 6.83. The third-order valence-electron chi connectivity index (χ3n) is 5.96. The first-order valence-electron chi connectivity index (χ1n) is 11.2. The van der Waals surface area contributed by atoms with Gasteiger partial charge in [0.25, 0.3) is 5.91 Å². The van der Waals surface area contributed by atoms with Gasteiger partial charge in [-0.1, -0.05) is 36.4 Å². The summed E-state index contributed by atoms with van der Waals surface area (Å²) in [4.78, 5) is 31.2. The second kappa shape index (κ2) is 10.6. The Morgan fingerprint density at radius 1 is 1.00 bits per heavy atom. The average Bonchev–Trinajstić information content (AvgIpc) is 3.35. The molecule has 0 saturated carbocycles. The van der Waals surface area contributed by atoms with E-state index in [9.17, 15) is 9.59 Å². The predicted octanol–water partition coefficient (Wildman–Crippen LogP) is 3.79. The van der Waals surface area contributed by atoms with Gasteiger partial charge in [0.15, 0.2) is 0 Å². The molecule has 3 aromatic rings. The first-order valence-corrected chi connectivity index (χ1v) is 12.1. The number of nitrogens with zero attached hydrogens (tertiary/aromatic N) is 2. The second-order valence-corrected chi connectivity index (χ2v) is 9.42. The molecule has 1 atom stereocenters. The third kappa shape index (κ3) is 6.00. The highest BCUT2D eigenvalue weighted by atomic mass is 32.1. The van der Waals surface area contributed by atoms with Crippen molar-refractivity contribution >= 4 is 34.5 Å². The number of likely N-dealkylation sites (N-methyl/N-ethyl adjacent to an activating group) is 1. The molecular formula is C26H30N4O2S. The number of piperazine rings is 1. The molecule has 4 rings (SSSR count). The molecule has 2 aromatic carbocycles. The highest BCUT2D eigenvalue weighted by molar-refractivity contribution is 7.12. The summed E-state index contributed by atoms with van der Waals surface area (Å²) in [6, 6.07) is 18.7. The summed E-state index contributed by atoms with van der Waals surface area (Å²) in [5.41, 5.74) is 4.05. The lowest BCUT2D eigenvalue weighted by molar-refractivity contribution is -0.118. The SMILES string of the molecule is Cc1cc(NC(=O)C(Cc2ccccc2)NC(=O)c2cccs2)ccc1N1CCN(C)CC1. The molecule has 1 aromatic heterocycles. The van der Waals surface area contributed by atoms with Crippen molar-refractivity contribution < 1.29 is 9.59 Å². The van der Waals surface area contributed by atoms with Crippen LogP contribution in [0, 0.1) is 6.92 Å². The predicted molar refractivity (Wildman–Crippen MR) is 135 cm³/mol. The van der Waals surface area contributed by atoms with E-state index in [1.165, 1.54) is 17.0 Å². The minimum atomic E-state index is -0.681. The van der Waals surface area contributed by atoms with Gasteiger partial charge >= 0.3 is 0 Å². The summed E-state index contributed by atoms with van der Waals surface area (Å²) in [7, 11) is 2.14. The maximum Gasteiger partial charge on any atom is 0.262 e. The first-order chi connectivity index (χ1) is 16.0. The number of anilines is 2. The monoisotopic (exact) mass is 462 g/mol. The number of amides is 2. The van der Waals surface area contributed by atoms with Crippen LogP contribution >= 0.6 is 11.3 Å². The first kappa shape index (κ1) is 23.0. The van der Waals surface area contributed by atoms with Crippen molar-refractivity contribution in [3.8, 4) is 0 Å². The summed E-state index contributed by atoms with van der Waals surface area (Å²) < 4.78 is 0. The van der Waals surface area contributed by atoms with Gasteiger partial charge in [0, 0.05) is 44.0 Å².